The Morgan fingerprint density at radius 2 is 2.00 bits per heavy atom. The Morgan fingerprint density at radius 1 is 1.27 bits per heavy atom. The van der Waals surface area contributed by atoms with Crippen molar-refractivity contribution in [2.24, 2.45) is 5.92 Å². The highest BCUT2D eigenvalue weighted by Crippen LogP contribution is 2.30. The van der Waals surface area contributed by atoms with Crippen LogP contribution in [0.15, 0.2) is 18.2 Å². The minimum absolute atomic E-state index is 0.209. The Labute approximate surface area is 89.8 Å². The molecule has 1 heterocycles. The van der Waals surface area contributed by atoms with Gasteiger partial charge in [0.15, 0.2) is 0 Å². The number of hydrogen-bond donors (Lipinski definition) is 3. The fraction of sp³-hybridized carbons (Fsp3) is 0.500. The van der Waals surface area contributed by atoms with Gasteiger partial charge >= 0.3 is 0 Å². The van der Waals surface area contributed by atoms with Crippen molar-refractivity contribution in [1.29, 1.82) is 0 Å². The fourth-order valence-corrected chi connectivity index (χ4v) is 2.16. The molecule has 1 fully saturated rings. The second kappa shape index (κ2) is 4.53. The predicted molar refractivity (Wildman–Crippen MR) is 59.1 cm³/mol. The molecule has 2 rings (SSSR count). The van der Waals surface area contributed by atoms with E-state index in [1.807, 2.05) is 0 Å². The van der Waals surface area contributed by atoms with Crippen LogP contribution in [-0.4, -0.2) is 23.3 Å². The van der Waals surface area contributed by atoms with E-state index in [0.29, 0.717) is 11.5 Å². The minimum atomic E-state index is 0.209. The lowest BCUT2D eigenvalue weighted by molar-refractivity contribution is 0.361. The summed E-state index contributed by atoms with van der Waals surface area (Å²) in [6, 6.07) is 4.92. The average molecular weight is 207 g/mol. The van der Waals surface area contributed by atoms with Crippen LogP contribution in [0, 0.1) is 5.92 Å². The first-order valence-electron chi connectivity index (χ1n) is 5.48. The van der Waals surface area contributed by atoms with E-state index in [-0.39, 0.29) is 11.5 Å². The van der Waals surface area contributed by atoms with Crippen molar-refractivity contribution < 1.29 is 10.2 Å². The lowest BCUT2D eigenvalue weighted by atomic mass is 9.91. The molecule has 1 aliphatic heterocycles. The molecule has 15 heavy (non-hydrogen) atoms. The summed E-state index contributed by atoms with van der Waals surface area (Å²) in [7, 11) is 0. The third kappa shape index (κ3) is 2.42. The number of benzene rings is 1. The van der Waals surface area contributed by atoms with Crippen LogP contribution in [-0.2, 0) is 6.42 Å². The van der Waals surface area contributed by atoms with Crippen molar-refractivity contribution >= 4 is 0 Å². The van der Waals surface area contributed by atoms with E-state index >= 15 is 0 Å². The van der Waals surface area contributed by atoms with Gasteiger partial charge in [0.2, 0.25) is 0 Å². The number of hydrogen-bond acceptors (Lipinski definition) is 3. The summed E-state index contributed by atoms with van der Waals surface area (Å²) >= 11 is 0. The lowest BCUT2D eigenvalue weighted by Gasteiger charge is -2.23. The van der Waals surface area contributed by atoms with Crippen molar-refractivity contribution in [3.63, 3.8) is 0 Å². The molecule has 3 heteroatoms. The molecule has 0 aromatic heterocycles. The number of phenolic OH excluding ortho intramolecular Hbond substituents is 2. The standard InChI is InChI=1S/C12H17NO2/c14-11-4-1-5-12(15)10(11)7-9-3-2-6-13-8-9/h1,4-5,9,13-15H,2-3,6-8H2. The summed E-state index contributed by atoms with van der Waals surface area (Å²) < 4.78 is 0. The van der Waals surface area contributed by atoms with Gasteiger partial charge < -0.3 is 15.5 Å². The van der Waals surface area contributed by atoms with Gasteiger partial charge in [-0.25, -0.2) is 0 Å². The first-order valence-corrected chi connectivity index (χ1v) is 5.48. The predicted octanol–water partition coefficient (Wildman–Crippen LogP) is 1.64. The highest BCUT2D eigenvalue weighted by Gasteiger charge is 2.17. The first kappa shape index (κ1) is 10.3. The molecule has 0 saturated carbocycles. The Hall–Kier alpha value is -1.22. The van der Waals surface area contributed by atoms with Gasteiger partial charge in [0, 0.05) is 5.56 Å². The number of phenols is 2. The van der Waals surface area contributed by atoms with Crippen molar-refractivity contribution in [1.82, 2.24) is 5.32 Å². The summed E-state index contributed by atoms with van der Waals surface area (Å²) in [5.74, 6) is 0.944. The normalized spacial score (nSPS) is 21.5. The van der Waals surface area contributed by atoms with Crippen molar-refractivity contribution in [2.75, 3.05) is 13.1 Å². The molecule has 0 radical (unpaired) electrons. The molecular weight excluding hydrogens is 190 g/mol. The SMILES string of the molecule is Oc1cccc(O)c1CC1CCCNC1. The van der Waals surface area contributed by atoms with Crippen LogP contribution in [0.5, 0.6) is 11.5 Å². The summed E-state index contributed by atoms with van der Waals surface area (Å²) in [6.07, 6.45) is 3.10. The quantitative estimate of drug-likeness (QED) is 0.691. The molecule has 1 atom stereocenters. The molecule has 82 valence electrons. The van der Waals surface area contributed by atoms with Gasteiger partial charge in [0.25, 0.3) is 0 Å². The molecule has 1 aromatic carbocycles. The van der Waals surface area contributed by atoms with Crippen molar-refractivity contribution in [2.45, 2.75) is 19.3 Å². The van der Waals surface area contributed by atoms with E-state index in [0.717, 1.165) is 19.5 Å². The summed E-state index contributed by atoms with van der Waals surface area (Å²) in [4.78, 5) is 0. The molecular formula is C12H17NO2. The smallest absolute Gasteiger partial charge is 0.122 e. The van der Waals surface area contributed by atoms with E-state index in [2.05, 4.69) is 5.32 Å². The number of piperidine rings is 1. The molecule has 3 N–H and O–H groups in total. The molecule has 0 amide bonds. The van der Waals surface area contributed by atoms with Gasteiger partial charge in [0.1, 0.15) is 11.5 Å². The zero-order chi connectivity index (χ0) is 10.7. The Balaban J connectivity index is 2.09. The van der Waals surface area contributed by atoms with Gasteiger partial charge in [-0.3, -0.25) is 0 Å². The summed E-state index contributed by atoms with van der Waals surface area (Å²) in [5.41, 5.74) is 0.686. The number of nitrogens with one attached hydrogen (secondary N) is 1. The van der Waals surface area contributed by atoms with Crippen LogP contribution in [0.1, 0.15) is 18.4 Å². The zero-order valence-electron chi connectivity index (χ0n) is 8.74. The first-order chi connectivity index (χ1) is 7.27. The van der Waals surface area contributed by atoms with Gasteiger partial charge in [-0.2, -0.15) is 0 Å². The lowest BCUT2D eigenvalue weighted by Crippen LogP contribution is -2.30. The van der Waals surface area contributed by atoms with E-state index < -0.39 is 0 Å². The zero-order valence-corrected chi connectivity index (χ0v) is 8.74. The highest BCUT2D eigenvalue weighted by molar-refractivity contribution is 5.43. The van der Waals surface area contributed by atoms with E-state index in [1.165, 1.54) is 12.8 Å². The van der Waals surface area contributed by atoms with Gasteiger partial charge in [-0.05, 0) is 50.4 Å². The Kier molecular flexibility index (Phi) is 3.11. The maximum absolute atomic E-state index is 9.64. The van der Waals surface area contributed by atoms with Gasteiger partial charge in [-0.1, -0.05) is 6.07 Å². The second-order valence-corrected chi connectivity index (χ2v) is 4.19. The van der Waals surface area contributed by atoms with Crippen LogP contribution in [0.2, 0.25) is 0 Å². The topological polar surface area (TPSA) is 52.5 Å². The third-order valence-electron chi connectivity index (χ3n) is 3.02. The van der Waals surface area contributed by atoms with Crippen LogP contribution >= 0.6 is 0 Å². The largest absolute Gasteiger partial charge is 0.508 e. The molecule has 0 bridgehead atoms. The minimum Gasteiger partial charge on any atom is -0.508 e. The van der Waals surface area contributed by atoms with Gasteiger partial charge in [0.05, 0.1) is 0 Å². The van der Waals surface area contributed by atoms with Crippen LogP contribution in [0.4, 0.5) is 0 Å². The van der Waals surface area contributed by atoms with Crippen LogP contribution in [0.3, 0.4) is 0 Å². The maximum atomic E-state index is 9.64. The molecule has 0 aliphatic carbocycles. The van der Waals surface area contributed by atoms with Crippen LogP contribution in [0.25, 0.3) is 0 Å². The van der Waals surface area contributed by atoms with E-state index in [4.69, 9.17) is 0 Å². The second-order valence-electron chi connectivity index (χ2n) is 4.19. The molecule has 0 spiro atoms. The summed E-state index contributed by atoms with van der Waals surface area (Å²) in [5, 5.41) is 22.6. The third-order valence-corrected chi connectivity index (χ3v) is 3.02. The summed E-state index contributed by atoms with van der Waals surface area (Å²) in [6.45, 7) is 2.07. The number of rotatable bonds is 2. The van der Waals surface area contributed by atoms with Crippen molar-refractivity contribution in [3.8, 4) is 11.5 Å². The molecule has 1 saturated heterocycles. The molecule has 1 unspecified atom stereocenters. The molecule has 1 aromatic rings. The molecule has 3 nitrogen and oxygen atoms in total. The molecule has 1 aliphatic rings. The fourth-order valence-electron chi connectivity index (χ4n) is 2.16. The average Bonchev–Trinajstić information content (AvgIpc) is 2.25. The Bertz CT molecular complexity index is 312. The van der Waals surface area contributed by atoms with Crippen molar-refractivity contribution in [3.05, 3.63) is 23.8 Å². The van der Waals surface area contributed by atoms with Gasteiger partial charge in [-0.15, -0.1) is 0 Å². The maximum Gasteiger partial charge on any atom is 0.122 e. The Morgan fingerprint density at radius 3 is 2.60 bits per heavy atom. The monoisotopic (exact) mass is 207 g/mol. The highest BCUT2D eigenvalue weighted by atomic mass is 16.3. The number of aromatic hydroxyl groups is 2. The van der Waals surface area contributed by atoms with Crippen LogP contribution < -0.4 is 5.32 Å². The van der Waals surface area contributed by atoms with E-state index in [1.54, 1.807) is 18.2 Å². The van der Waals surface area contributed by atoms with E-state index in [9.17, 15) is 10.2 Å².